The highest BCUT2D eigenvalue weighted by atomic mass is 16.4. The van der Waals surface area contributed by atoms with Crippen LogP contribution in [0.2, 0.25) is 0 Å². The summed E-state index contributed by atoms with van der Waals surface area (Å²) in [6, 6.07) is 8.66. The molecule has 1 aliphatic rings. The van der Waals surface area contributed by atoms with Crippen molar-refractivity contribution in [3.05, 3.63) is 54.0 Å². The number of aromatic carboxylic acids is 1. The fourth-order valence-corrected chi connectivity index (χ4v) is 3.56. The van der Waals surface area contributed by atoms with E-state index in [1.54, 1.807) is 30.3 Å². The van der Waals surface area contributed by atoms with Crippen LogP contribution in [0.1, 0.15) is 28.9 Å². The van der Waals surface area contributed by atoms with Gasteiger partial charge < -0.3 is 26.2 Å². The van der Waals surface area contributed by atoms with Gasteiger partial charge in [0.1, 0.15) is 11.6 Å². The lowest BCUT2D eigenvalue weighted by Crippen LogP contribution is -2.40. The van der Waals surface area contributed by atoms with Crippen LogP contribution in [-0.2, 0) is 0 Å². The molecule has 2 aromatic heterocycles. The third-order valence-corrected chi connectivity index (χ3v) is 5.25. The summed E-state index contributed by atoms with van der Waals surface area (Å²) in [5.74, 6) is -0.682. The van der Waals surface area contributed by atoms with E-state index >= 15 is 0 Å². The van der Waals surface area contributed by atoms with Crippen molar-refractivity contribution < 1.29 is 15.0 Å². The number of hydrogen-bond acceptors (Lipinski definition) is 9. The van der Waals surface area contributed by atoms with Gasteiger partial charge in [0.2, 0.25) is 5.95 Å². The Hall–Kier alpha value is -4.28. The number of nitrogens with zero attached hydrogens (tertiary/aromatic N) is 5. The normalized spacial score (nSPS) is 14.2. The van der Waals surface area contributed by atoms with Crippen LogP contribution in [0.4, 0.5) is 11.6 Å². The van der Waals surface area contributed by atoms with E-state index in [2.05, 4.69) is 25.5 Å². The van der Waals surface area contributed by atoms with Gasteiger partial charge in [-0.05, 0) is 31.0 Å². The summed E-state index contributed by atoms with van der Waals surface area (Å²) < 4.78 is 0. The van der Waals surface area contributed by atoms with E-state index < -0.39 is 5.97 Å². The van der Waals surface area contributed by atoms with Gasteiger partial charge in [-0.1, -0.05) is 12.1 Å². The highest BCUT2D eigenvalue weighted by Crippen LogP contribution is 2.30. The SMILES string of the molecule is N=C(N)c1nnc(-c2ccccc2O)cc1NC1CCN(c2ncc(C(=O)O)cn2)CC1. The van der Waals surface area contributed by atoms with E-state index in [9.17, 15) is 9.90 Å². The highest BCUT2D eigenvalue weighted by molar-refractivity contribution is 5.98. The van der Waals surface area contributed by atoms with E-state index in [0.29, 0.717) is 36.0 Å². The zero-order valence-electron chi connectivity index (χ0n) is 17.1. The second-order valence-electron chi connectivity index (χ2n) is 7.41. The number of nitrogens with two attached hydrogens (primary N) is 1. The van der Waals surface area contributed by atoms with Gasteiger partial charge in [-0.2, -0.15) is 0 Å². The van der Waals surface area contributed by atoms with Crippen LogP contribution in [0.5, 0.6) is 5.75 Å². The summed E-state index contributed by atoms with van der Waals surface area (Å²) in [7, 11) is 0. The minimum Gasteiger partial charge on any atom is -0.507 e. The maximum atomic E-state index is 11.0. The quantitative estimate of drug-likeness (QED) is 0.284. The first-order valence-electron chi connectivity index (χ1n) is 9.99. The van der Waals surface area contributed by atoms with Gasteiger partial charge >= 0.3 is 5.97 Å². The Bertz CT molecular complexity index is 1140. The lowest BCUT2D eigenvalue weighted by molar-refractivity contribution is 0.0696. The number of anilines is 2. The predicted octanol–water partition coefficient (Wildman–Crippen LogP) is 1.70. The molecule has 4 rings (SSSR count). The van der Waals surface area contributed by atoms with E-state index in [-0.39, 0.29) is 28.9 Å². The molecule has 0 bridgehead atoms. The Morgan fingerprint density at radius 3 is 2.47 bits per heavy atom. The number of rotatable bonds is 6. The van der Waals surface area contributed by atoms with E-state index in [1.165, 1.54) is 12.4 Å². The molecule has 0 atom stereocenters. The van der Waals surface area contributed by atoms with E-state index in [4.69, 9.17) is 16.2 Å². The van der Waals surface area contributed by atoms with Gasteiger partial charge in [-0.15, -0.1) is 10.2 Å². The molecule has 3 aromatic rings. The smallest absolute Gasteiger partial charge is 0.338 e. The van der Waals surface area contributed by atoms with Gasteiger partial charge in [-0.3, -0.25) is 5.41 Å². The molecule has 3 heterocycles. The second kappa shape index (κ2) is 8.84. The maximum Gasteiger partial charge on any atom is 0.338 e. The first kappa shape index (κ1) is 21.0. The molecule has 164 valence electrons. The summed E-state index contributed by atoms with van der Waals surface area (Å²) in [4.78, 5) is 21.3. The minimum atomic E-state index is -1.06. The molecular weight excluding hydrogens is 412 g/mol. The Kier molecular flexibility index (Phi) is 5.79. The number of phenolic OH excluding ortho intramolecular Hbond substituents is 1. The Morgan fingerprint density at radius 1 is 1.16 bits per heavy atom. The summed E-state index contributed by atoms with van der Waals surface area (Å²) in [5, 5.41) is 38.6. The number of amidine groups is 1. The van der Waals surface area contributed by atoms with Gasteiger partial charge in [0.05, 0.1) is 16.9 Å². The van der Waals surface area contributed by atoms with E-state index in [0.717, 1.165) is 12.8 Å². The maximum absolute atomic E-state index is 11.0. The standard InChI is InChI=1S/C21H22N8O3/c22-19(23)18-16(9-15(27-28-18)14-3-1-2-4-17(14)30)26-13-5-7-29(8-6-13)21-24-10-12(11-25-21)20(31)32/h1-4,9-11,13,30H,5-8H2,(H3,22,23)(H,26,27)(H,31,32). The first-order chi connectivity index (χ1) is 15.4. The molecule has 1 saturated heterocycles. The predicted molar refractivity (Wildman–Crippen MR) is 118 cm³/mol. The van der Waals surface area contributed by atoms with Crippen LogP contribution in [0.15, 0.2) is 42.7 Å². The molecule has 32 heavy (non-hydrogen) atoms. The molecule has 11 heteroatoms. The monoisotopic (exact) mass is 434 g/mol. The van der Waals surface area contributed by atoms with Crippen molar-refractivity contribution >= 4 is 23.4 Å². The lowest BCUT2D eigenvalue weighted by Gasteiger charge is -2.33. The summed E-state index contributed by atoms with van der Waals surface area (Å²) in [6.07, 6.45) is 4.12. The Labute approximate surface area is 183 Å². The molecule has 11 nitrogen and oxygen atoms in total. The molecule has 6 N–H and O–H groups in total. The fourth-order valence-electron chi connectivity index (χ4n) is 3.56. The number of aromatic hydroxyl groups is 1. The van der Waals surface area contributed by atoms with Gasteiger partial charge in [0.25, 0.3) is 0 Å². The molecular formula is C21H22N8O3. The average molecular weight is 434 g/mol. The topological polar surface area (TPSA) is 174 Å². The number of para-hydroxylation sites is 1. The van der Waals surface area contributed by atoms with Crippen molar-refractivity contribution in [1.82, 2.24) is 20.2 Å². The number of carbonyl (C=O) groups is 1. The number of phenols is 1. The van der Waals surface area contributed by atoms with Crippen LogP contribution in [0.3, 0.4) is 0 Å². The van der Waals surface area contributed by atoms with Crippen LogP contribution in [0, 0.1) is 5.41 Å². The lowest BCUT2D eigenvalue weighted by atomic mass is 10.0. The van der Waals surface area contributed by atoms with Crippen molar-refractivity contribution in [2.75, 3.05) is 23.3 Å². The number of benzene rings is 1. The van der Waals surface area contributed by atoms with Crippen molar-refractivity contribution in [1.29, 1.82) is 5.41 Å². The molecule has 0 aliphatic carbocycles. The summed E-state index contributed by atoms with van der Waals surface area (Å²) in [6.45, 7) is 1.34. The third-order valence-electron chi connectivity index (χ3n) is 5.25. The third kappa shape index (κ3) is 4.41. The molecule has 1 fully saturated rings. The van der Waals surface area contributed by atoms with Crippen LogP contribution in [0.25, 0.3) is 11.3 Å². The summed E-state index contributed by atoms with van der Waals surface area (Å²) in [5.41, 5.74) is 7.58. The van der Waals surface area contributed by atoms with Crippen molar-refractivity contribution in [3.63, 3.8) is 0 Å². The number of nitrogens with one attached hydrogen (secondary N) is 2. The first-order valence-corrected chi connectivity index (χ1v) is 9.99. The second-order valence-corrected chi connectivity index (χ2v) is 7.41. The average Bonchev–Trinajstić information content (AvgIpc) is 2.80. The van der Waals surface area contributed by atoms with E-state index in [1.807, 2.05) is 4.90 Å². The summed E-state index contributed by atoms with van der Waals surface area (Å²) >= 11 is 0. The molecule has 1 aromatic carbocycles. The van der Waals surface area contributed by atoms with Gasteiger partial charge in [-0.25, -0.2) is 14.8 Å². The number of hydrogen-bond donors (Lipinski definition) is 5. The number of nitrogen functional groups attached to an aromatic ring is 1. The number of aromatic nitrogens is 4. The van der Waals surface area contributed by atoms with Gasteiger partial charge in [0, 0.05) is 37.1 Å². The molecule has 1 aliphatic heterocycles. The Morgan fingerprint density at radius 2 is 1.84 bits per heavy atom. The van der Waals surface area contributed by atoms with Crippen molar-refractivity contribution in [2.24, 2.45) is 5.73 Å². The highest BCUT2D eigenvalue weighted by Gasteiger charge is 2.23. The van der Waals surface area contributed by atoms with Gasteiger partial charge in [0.15, 0.2) is 5.69 Å². The zero-order chi connectivity index (χ0) is 22.7. The van der Waals surface area contributed by atoms with Crippen LogP contribution in [-0.4, -0.2) is 61.3 Å². The molecule has 0 radical (unpaired) electrons. The Balaban J connectivity index is 1.48. The molecule has 0 unspecified atom stereocenters. The zero-order valence-corrected chi connectivity index (χ0v) is 17.1. The molecule has 0 saturated carbocycles. The van der Waals surface area contributed by atoms with Crippen molar-refractivity contribution in [2.45, 2.75) is 18.9 Å². The van der Waals surface area contributed by atoms with Crippen LogP contribution < -0.4 is 16.0 Å². The number of carboxylic acids is 1. The molecule has 0 amide bonds. The number of carboxylic acid groups (broad SMARTS) is 1. The number of piperidine rings is 1. The minimum absolute atomic E-state index is 0.0486. The van der Waals surface area contributed by atoms with Crippen LogP contribution >= 0.6 is 0 Å². The van der Waals surface area contributed by atoms with Crippen molar-refractivity contribution in [3.8, 4) is 17.0 Å². The largest absolute Gasteiger partial charge is 0.507 e. The molecule has 0 spiro atoms. The fraction of sp³-hybridized carbons (Fsp3) is 0.238.